The lowest BCUT2D eigenvalue weighted by atomic mass is 10.0. The lowest BCUT2D eigenvalue weighted by Crippen LogP contribution is -2.42. The van der Waals surface area contributed by atoms with Crippen LogP contribution in [0.15, 0.2) is 18.2 Å². The quantitative estimate of drug-likeness (QED) is 0.801. The van der Waals surface area contributed by atoms with Crippen LogP contribution in [-0.4, -0.2) is 35.1 Å². The van der Waals surface area contributed by atoms with Crippen molar-refractivity contribution in [2.45, 2.75) is 38.6 Å². The number of nitrogen functional groups attached to an aromatic ring is 1. The molecule has 1 saturated heterocycles. The van der Waals surface area contributed by atoms with Crippen molar-refractivity contribution in [3.63, 3.8) is 0 Å². The predicted octanol–water partition coefficient (Wildman–Crippen LogP) is 1.95. The summed E-state index contributed by atoms with van der Waals surface area (Å²) in [4.78, 5) is 14.5. The van der Waals surface area contributed by atoms with Gasteiger partial charge in [0.15, 0.2) is 0 Å². The van der Waals surface area contributed by atoms with Crippen molar-refractivity contribution in [2.75, 3.05) is 18.9 Å². The molecule has 0 spiro atoms. The molecule has 1 atom stereocenters. The van der Waals surface area contributed by atoms with Gasteiger partial charge in [-0.2, -0.15) is 0 Å². The van der Waals surface area contributed by atoms with Crippen molar-refractivity contribution in [2.24, 2.45) is 0 Å². The first-order valence-electron chi connectivity index (χ1n) is 6.92. The monoisotopic (exact) mass is 262 g/mol. The summed E-state index contributed by atoms with van der Waals surface area (Å²) < 4.78 is 0. The standard InChI is InChI=1S/C15H22N2O2/c1-11-13(7-5-8-14(11)16)15(19)17-9-4-2-3-6-12(17)10-18/h5,7-8,12,18H,2-4,6,9-10,16H2,1H3. The Labute approximate surface area is 114 Å². The second kappa shape index (κ2) is 6.06. The van der Waals surface area contributed by atoms with Crippen molar-refractivity contribution in [3.05, 3.63) is 29.3 Å². The van der Waals surface area contributed by atoms with E-state index in [0.717, 1.165) is 37.8 Å². The highest BCUT2D eigenvalue weighted by molar-refractivity contribution is 5.97. The minimum absolute atomic E-state index is 0.00856. The van der Waals surface area contributed by atoms with Crippen LogP contribution in [0.5, 0.6) is 0 Å². The van der Waals surface area contributed by atoms with Gasteiger partial charge in [-0.1, -0.05) is 18.9 Å². The van der Waals surface area contributed by atoms with Crippen LogP contribution in [-0.2, 0) is 0 Å². The summed E-state index contributed by atoms with van der Waals surface area (Å²) in [5, 5.41) is 9.49. The van der Waals surface area contributed by atoms with E-state index in [1.807, 2.05) is 17.9 Å². The van der Waals surface area contributed by atoms with Gasteiger partial charge in [-0.25, -0.2) is 0 Å². The summed E-state index contributed by atoms with van der Waals surface area (Å²) in [6.45, 7) is 2.62. The molecule has 1 aliphatic heterocycles. The Morgan fingerprint density at radius 1 is 1.42 bits per heavy atom. The second-order valence-corrected chi connectivity index (χ2v) is 5.20. The molecule has 1 amide bonds. The highest BCUT2D eigenvalue weighted by Crippen LogP contribution is 2.22. The number of nitrogens with zero attached hydrogens (tertiary/aromatic N) is 1. The molecule has 4 nitrogen and oxygen atoms in total. The number of carbonyl (C=O) groups is 1. The molecule has 2 rings (SSSR count). The van der Waals surface area contributed by atoms with E-state index >= 15 is 0 Å². The molecule has 1 aromatic rings. The molecule has 104 valence electrons. The number of nitrogens with two attached hydrogens (primary N) is 1. The molecule has 4 heteroatoms. The minimum Gasteiger partial charge on any atom is -0.398 e. The molecule has 1 aliphatic rings. The van der Waals surface area contributed by atoms with Crippen molar-refractivity contribution in [1.82, 2.24) is 4.90 Å². The fraction of sp³-hybridized carbons (Fsp3) is 0.533. The van der Waals surface area contributed by atoms with E-state index in [-0.39, 0.29) is 18.6 Å². The molecule has 0 radical (unpaired) electrons. The number of benzene rings is 1. The van der Waals surface area contributed by atoms with Crippen molar-refractivity contribution < 1.29 is 9.90 Å². The molecular weight excluding hydrogens is 240 g/mol. The third kappa shape index (κ3) is 2.89. The van der Waals surface area contributed by atoms with Crippen molar-refractivity contribution in [3.8, 4) is 0 Å². The van der Waals surface area contributed by atoms with Crippen LogP contribution >= 0.6 is 0 Å². The predicted molar refractivity (Wildman–Crippen MR) is 76.0 cm³/mol. The van der Waals surface area contributed by atoms with Crippen LogP contribution in [0.1, 0.15) is 41.6 Å². The Hall–Kier alpha value is -1.55. The van der Waals surface area contributed by atoms with Crippen LogP contribution in [0.25, 0.3) is 0 Å². The second-order valence-electron chi connectivity index (χ2n) is 5.20. The number of aliphatic hydroxyl groups is 1. The Morgan fingerprint density at radius 2 is 2.21 bits per heavy atom. The maximum atomic E-state index is 12.7. The molecule has 0 aromatic heterocycles. The van der Waals surface area contributed by atoms with Gasteiger partial charge in [0, 0.05) is 17.8 Å². The molecule has 3 N–H and O–H groups in total. The molecule has 0 saturated carbocycles. The number of aliphatic hydroxyl groups excluding tert-OH is 1. The summed E-state index contributed by atoms with van der Waals surface area (Å²) in [7, 11) is 0. The Morgan fingerprint density at radius 3 is 2.95 bits per heavy atom. The van der Waals surface area contributed by atoms with Gasteiger partial charge < -0.3 is 15.7 Å². The molecule has 1 fully saturated rings. The number of hydrogen-bond donors (Lipinski definition) is 2. The lowest BCUT2D eigenvalue weighted by Gasteiger charge is -2.29. The van der Waals surface area contributed by atoms with E-state index in [1.165, 1.54) is 0 Å². The van der Waals surface area contributed by atoms with Crippen LogP contribution in [0.2, 0.25) is 0 Å². The molecule has 0 aliphatic carbocycles. The van der Waals surface area contributed by atoms with Crippen LogP contribution in [0.4, 0.5) is 5.69 Å². The van der Waals surface area contributed by atoms with Gasteiger partial charge in [-0.05, 0) is 37.5 Å². The summed E-state index contributed by atoms with van der Waals surface area (Å²) >= 11 is 0. The minimum atomic E-state index is -0.0594. The van der Waals surface area contributed by atoms with E-state index in [2.05, 4.69) is 0 Å². The topological polar surface area (TPSA) is 66.6 Å². The summed E-state index contributed by atoms with van der Waals surface area (Å²) in [6.07, 6.45) is 4.08. The van der Waals surface area contributed by atoms with Crippen LogP contribution < -0.4 is 5.73 Å². The molecule has 0 bridgehead atoms. The average Bonchev–Trinajstić information content (AvgIpc) is 2.66. The summed E-state index contributed by atoms with van der Waals surface area (Å²) in [6, 6.07) is 5.36. The van der Waals surface area contributed by atoms with E-state index in [9.17, 15) is 9.90 Å². The first kappa shape index (κ1) is 13.9. The van der Waals surface area contributed by atoms with Gasteiger partial charge in [0.25, 0.3) is 5.91 Å². The normalized spacial score (nSPS) is 20.1. The maximum absolute atomic E-state index is 12.7. The average molecular weight is 262 g/mol. The van der Waals surface area contributed by atoms with Gasteiger partial charge in [-0.15, -0.1) is 0 Å². The van der Waals surface area contributed by atoms with E-state index in [0.29, 0.717) is 11.3 Å². The zero-order valence-corrected chi connectivity index (χ0v) is 11.4. The number of amides is 1. The smallest absolute Gasteiger partial charge is 0.254 e. The zero-order chi connectivity index (χ0) is 13.8. The maximum Gasteiger partial charge on any atom is 0.254 e. The largest absolute Gasteiger partial charge is 0.398 e. The first-order chi connectivity index (χ1) is 9.15. The van der Waals surface area contributed by atoms with Gasteiger partial charge >= 0.3 is 0 Å². The number of likely N-dealkylation sites (tertiary alicyclic amines) is 1. The van der Waals surface area contributed by atoms with E-state index in [4.69, 9.17) is 5.73 Å². The Balaban J connectivity index is 2.28. The van der Waals surface area contributed by atoms with Gasteiger partial charge in [-0.3, -0.25) is 4.79 Å². The van der Waals surface area contributed by atoms with Gasteiger partial charge in [0.1, 0.15) is 0 Å². The number of rotatable bonds is 2. The summed E-state index contributed by atoms with van der Waals surface area (Å²) in [5.74, 6) is -0.00856. The van der Waals surface area contributed by atoms with Crippen molar-refractivity contribution in [1.29, 1.82) is 0 Å². The van der Waals surface area contributed by atoms with E-state index in [1.54, 1.807) is 12.1 Å². The zero-order valence-electron chi connectivity index (χ0n) is 11.4. The fourth-order valence-electron chi connectivity index (χ4n) is 2.67. The number of anilines is 1. The van der Waals surface area contributed by atoms with Gasteiger partial charge in [0.05, 0.1) is 12.6 Å². The molecular formula is C15H22N2O2. The third-order valence-electron chi connectivity index (χ3n) is 3.95. The van der Waals surface area contributed by atoms with Crippen molar-refractivity contribution >= 4 is 11.6 Å². The van der Waals surface area contributed by atoms with Gasteiger partial charge in [0.2, 0.25) is 0 Å². The number of hydrogen-bond acceptors (Lipinski definition) is 3. The molecule has 19 heavy (non-hydrogen) atoms. The van der Waals surface area contributed by atoms with Crippen LogP contribution in [0.3, 0.4) is 0 Å². The Bertz CT molecular complexity index is 459. The van der Waals surface area contributed by atoms with Crippen LogP contribution in [0, 0.1) is 6.92 Å². The molecule has 1 unspecified atom stereocenters. The SMILES string of the molecule is Cc1c(N)cccc1C(=O)N1CCCCCC1CO. The third-order valence-corrected chi connectivity index (χ3v) is 3.95. The lowest BCUT2D eigenvalue weighted by molar-refractivity contribution is 0.0599. The first-order valence-corrected chi connectivity index (χ1v) is 6.92. The highest BCUT2D eigenvalue weighted by atomic mass is 16.3. The Kier molecular flexibility index (Phi) is 4.43. The molecule has 1 heterocycles. The highest BCUT2D eigenvalue weighted by Gasteiger charge is 2.26. The molecule has 1 aromatic carbocycles. The number of carbonyl (C=O) groups excluding carboxylic acids is 1. The van der Waals surface area contributed by atoms with E-state index < -0.39 is 0 Å². The summed E-state index contributed by atoms with van der Waals surface area (Å²) in [5.41, 5.74) is 7.99. The fourth-order valence-corrected chi connectivity index (χ4v) is 2.67.